The van der Waals surface area contributed by atoms with Crippen LogP contribution in [0.4, 0.5) is 4.79 Å². The molecule has 1 aromatic rings. The molecule has 1 saturated carbocycles. The molecule has 4 rings (SSSR count). The Bertz CT molecular complexity index is 1010. The molecular weight excluding hydrogens is 542 g/mol. The predicted molar refractivity (Wildman–Crippen MR) is 149 cm³/mol. The average molecular weight is 580 g/mol. The molecule has 3 aliphatic rings. The quantitative estimate of drug-likeness (QED) is 0.264. The Morgan fingerprint density at radius 1 is 1.21 bits per heavy atom. The van der Waals surface area contributed by atoms with E-state index in [1.807, 2.05) is 0 Å². The molecule has 2 aliphatic heterocycles. The molecule has 1 aromatic carbocycles. The van der Waals surface area contributed by atoms with Crippen molar-refractivity contribution in [2.45, 2.75) is 87.6 Å². The SMILES string of the molecule is O=CC(CC1CC2(CCOCC2)NC1=O)NC(=O)[C@H](CC1CCCCC1)SNC(=O)OCc1cccc(Cl)c1. The third-order valence-electron chi connectivity index (χ3n) is 7.98. The smallest absolute Gasteiger partial charge is 0.417 e. The van der Waals surface area contributed by atoms with Gasteiger partial charge in [0.05, 0.1) is 6.04 Å². The van der Waals surface area contributed by atoms with Crippen molar-refractivity contribution in [3.05, 3.63) is 34.9 Å². The van der Waals surface area contributed by atoms with Crippen LogP contribution in [0.2, 0.25) is 5.02 Å². The van der Waals surface area contributed by atoms with Crippen molar-refractivity contribution in [2.75, 3.05) is 13.2 Å². The van der Waals surface area contributed by atoms with Crippen LogP contribution in [0.15, 0.2) is 24.3 Å². The van der Waals surface area contributed by atoms with Crippen LogP contribution < -0.4 is 15.4 Å². The Kier molecular flexibility index (Phi) is 10.9. The highest BCUT2D eigenvalue weighted by Crippen LogP contribution is 2.36. The van der Waals surface area contributed by atoms with Crippen LogP contribution in [0, 0.1) is 11.8 Å². The van der Waals surface area contributed by atoms with E-state index in [1.54, 1.807) is 24.3 Å². The molecule has 2 heterocycles. The highest BCUT2D eigenvalue weighted by Gasteiger charge is 2.45. The number of hydrogen-bond acceptors (Lipinski definition) is 7. The van der Waals surface area contributed by atoms with Crippen molar-refractivity contribution in [1.29, 1.82) is 0 Å². The van der Waals surface area contributed by atoms with Gasteiger partial charge in [0.25, 0.3) is 0 Å². The summed E-state index contributed by atoms with van der Waals surface area (Å²) in [5.41, 5.74) is 0.484. The standard InChI is InChI=1S/C28H38ClN3O6S/c29-22-8-4-7-20(13-22)18-38-27(36)32-39-24(14-19-5-2-1-3-6-19)26(35)30-23(17-33)15-21-16-28(31-25(21)34)9-11-37-12-10-28/h4,7-8,13,17,19,21,23-24H,1-3,5-6,9-12,14-16,18H2,(H,30,35)(H,31,34)(H,32,36)/t21?,23?,24-/m0/s1. The third-order valence-corrected chi connectivity index (χ3v) is 9.20. The summed E-state index contributed by atoms with van der Waals surface area (Å²) in [7, 11) is 0. The second-order valence-corrected chi connectivity index (χ2v) is 12.4. The summed E-state index contributed by atoms with van der Waals surface area (Å²) < 4.78 is 13.4. The van der Waals surface area contributed by atoms with Crippen LogP contribution >= 0.6 is 23.5 Å². The van der Waals surface area contributed by atoms with E-state index in [0.717, 1.165) is 56.0 Å². The first-order valence-electron chi connectivity index (χ1n) is 13.8. The van der Waals surface area contributed by atoms with Gasteiger partial charge in [-0.3, -0.25) is 14.3 Å². The first-order valence-corrected chi connectivity index (χ1v) is 15.1. The molecule has 0 aromatic heterocycles. The van der Waals surface area contributed by atoms with E-state index in [0.29, 0.717) is 43.3 Å². The fraction of sp³-hybridized carbons (Fsp3) is 0.643. The number of ether oxygens (including phenoxy) is 2. The molecule has 39 heavy (non-hydrogen) atoms. The molecule has 3 atom stereocenters. The van der Waals surface area contributed by atoms with Gasteiger partial charge in [0.1, 0.15) is 18.1 Å². The summed E-state index contributed by atoms with van der Waals surface area (Å²) in [5.74, 6) is -0.371. The van der Waals surface area contributed by atoms with Gasteiger partial charge in [0.15, 0.2) is 0 Å². The zero-order chi connectivity index (χ0) is 27.7. The van der Waals surface area contributed by atoms with Crippen LogP contribution in [0.3, 0.4) is 0 Å². The highest BCUT2D eigenvalue weighted by atomic mass is 35.5. The Labute approximate surface area is 239 Å². The van der Waals surface area contributed by atoms with E-state index in [-0.39, 0.29) is 36.3 Å². The number of hydrogen-bond donors (Lipinski definition) is 3. The number of nitrogens with one attached hydrogen (secondary N) is 3. The molecule has 3 N–H and O–H groups in total. The molecule has 1 spiro atoms. The minimum atomic E-state index is -0.785. The number of benzene rings is 1. The highest BCUT2D eigenvalue weighted by molar-refractivity contribution is 7.99. The van der Waals surface area contributed by atoms with Gasteiger partial charge in [-0.15, -0.1) is 0 Å². The fourth-order valence-electron chi connectivity index (χ4n) is 5.85. The maximum absolute atomic E-state index is 13.4. The summed E-state index contributed by atoms with van der Waals surface area (Å²) in [4.78, 5) is 50.4. The zero-order valence-electron chi connectivity index (χ0n) is 22.1. The number of rotatable bonds is 11. The molecule has 214 valence electrons. The number of amides is 3. The van der Waals surface area contributed by atoms with Gasteiger partial charge in [-0.2, -0.15) is 0 Å². The number of carbonyl (C=O) groups is 4. The Morgan fingerprint density at radius 2 is 1.97 bits per heavy atom. The maximum Gasteiger partial charge on any atom is 0.417 e. The Hall–Kier alpha value is -2.30. The second-order valence-electron chi connectivity index (χ2n) is 10.9. The second kappa shape index (κ2) is 14.4. The summed E-state index contributed by atoms with van der Waals surface area (Å²) in [6.45, 7) is 1.27. The Morgan fingerprint density at radius 3 is 2.69 bits per heavy atom. The van der Waals surface area contributed by atoms with Gasteiger partial charge in [0, 0.05) is 29.7 Å². The lowest BCUT2D eigenvalue weighted by Crippen LogP contribution is -2.46. The minimum Gasteiger partial charge on any atom is -0.444 e. The number of carbonyl (C=O) groups excluding carboxylic acids is 4. The summed E-state index contributed by atoms with van der Waals surface area (Å²) in [6, 6.07) is 6.26. The van der Waals surface area contributed by atoms with E-state index in [4.69, 9.17) is 21.1 Å². The lowest BCUT2D eigenvalue weighted by Gasteiger charge is -2.33. The molecular formula is C28H38ClN3O6S. The largest absolute Gasteiger partial charge is 0.444 e. The Balaban J connectivity index is 1.31. The lowest BCUT2D eigenvalue weighted by molar-refractivity contribution is -0.126. The van der Waals surface area contributed by atoms with Crippen LogP contribution in [0.1, 0.15) is 69.8 Å². The predicted octanol–water partition coefficient (Wildman–Crippen LogP) is 4.31. The van der Waals surface area contributed by atoms with Gasteiger partial charge in [-0.25, -0.2) is 4.79 Å². The van der Waals surface area contributed by atoms with E-state index in [9.17, 15) is 19.2 Å². The average Bonchev–Trinajstić information content (AvgIpc) is 3.23. The van der Waals surface area contributed by atoms with E-state index >= 15 is 0 Å². The van der Waals surface area contributed by atoms with Crippen molar-refractivity contribution < 1.29 is 28.7 Å². The van der Waals surface area contributed by atoms with E-state index in [2.05, 4.69) is 15.4 Å². The molecule has 0 bridgehead atoms. The summed E-state index contributed by atoms with van der Waals surface area (Å²) in [6.07, 6.45) is 8.55. The molecule has 3 fully saturated rings. The van der Waals surface area contributed by atoms with Crippen LogP contribution in [0.5, 0.6) is 0 Å². The maximum atomic E-state index is 13.4. The summed E-state index contributed by atoms with van der Waals surface area (Å²) in [5, 5.41) is 5.93. The van der Waals surface area contributed by atoms with Crippen molar-refractivity contribution in [1.82, 2.24) is 15.4 Å². The zero-order valence-corrected chi connectivity index (χ0v) is 23.7. The van der Waals surface area contributed by atoms with Gasteiger partial charge in [0.2, 0.25) is 11.8 Å². The van der Waals surface area contributed by atoms with Crippen molar-refractivity contribution in [2.24, 2.45) is 11.8 Å². The lowest BCUT2D eigenvalue weighted by atomic mass is 9.84. The molecule has 3 amide bonds. The van der Waals surface area contributed by atoms with Crippen molar-refractivity contribution in [3.8, 4) is 0 Å². The topological polar surface area (TPSA) is 123 Å². The normalized spacial score (nSPS) is 22.5. The van der Waals surface area contributed by atoms with Crippen LogP contribution in [0.25, 0.3) is 0 Å². The number of halogens is 1. The van der Waals surface area contributed by atoms with Crippen molar-refractivity contribution in [3.63, 3.8) is 0 Å². The molecule has 9 nitrogen and oxygen atoms in total. The molecule has 11 heteroatoms. The monoisotopic (exact) mass is 579 g/mol. The minimum absolute atomic E-state index is 0.0523. The third kappa shape index (κ3) is 8.85. The molecule has 2 saturated heterocycles. The first kappa shape index (κ1) is 29.7. The van der Waals surface area contributed by atoms with Gasteiger partial charge >= 0.3 is 6.09 Å². The van der Waals surface area contributed by atoms with Gasteiger partial charge in [-0.1, -0.05) is 55.8 Å². The fourth-order valence-corrected chi connectivity index (χ4v) is 6.90. The molecule has 2 unspecified atom stereocenters. The molecule has 0 radical (unpaired) electrons. The first-order chi connectivity index (χ1) is 18.9. The number of aldehydes is 1. The van der Waals surface area contributed by atoms with Crippen molar-refractivity contribution >= 4 is 47.7 Å². The van der Waals surface area contributed by atoms with E-state index < -0.39 is 17.4 Å². The van der Waals surface area contributed by atoms with Crippen LogP contribution in [-0.2, 0) is 30.5 Å². The summed E-state index contributed by atoms with van der Waals surface area (Å²) >= 11 is 7.00. The van der Waals surface area contributed by atoms with Crippen LogP contribution in [-0.4, -0.2) is 54.2 Å². The van der Waals surface area contributed by atoms with Gasteiger partial charge < -0.3 is 24.9 Å². The van der Waals surface area contributed by atoms with Gasteiger partial charge in [-0.05, 0) is 67.7 Å². The van der Waals surface area contributed by atoms with E-state index in [1.165, 1.54) is 6.42 Å². The molecule has 1 aliphatic carbocycles.